The number of ketones is 1. The van der Waals surface area contributed by atoms with E-state index in [1.807, 2.05) is 11.8 Å². The van der Waals surface area contributed by atoms with E-state index in [0.29, 0.717) is 24.3 Å². The lowest BCUT2D eigenvalue weighted by Crippen LogP contribution is -3.19. The van der Waals surface area contributed by atoms with E-state index < -0.39 is 0 Å². The Hall–Kier alpha value is -2.21. The summed E-state index contributed by atoms with van der Waals surface area (Å²) in [5.41, 5.74) is 1.22. The predicted octanol–water partition coefficient (Wildman–Crippen LogP) is -0.0368. The molecule has 1 fully saturated rings. The maximum absolute atomic E-state index is 12.4. The van der Waals surface area contributed by atoms with E-state index in [2.05, 4.69) is 5.32 Å². The molecule has 0 aromatic heterocycles. The van der Waals surface area contributed by atoms with Crippen molar-refractivity contribution in [2.75, 3.05) is 31.5 Å². The first kappa shape index (κ1) is 17.1. The lowest BCUT2D eigenvalue weighted by molar-refractivity contribution is -0.917. The molecule has 1 heterocycles. The van der Waals surface area contributed by atoms with Crippen molar-refractivity contribution in [1.82, 2.24) is 4.90 Å². The predicted molar refractivity (Wildman–Crippen MR) is 87.5 cm³/mol. The van der Waals surface area contributed by atoms with Gasteiger partial charge in [-0.15, -0.1) is 0 Å². The molecule has 124 valence electrons. The van der Waals surface area contributed by atoms with E-state index in [4.69, 9.17) is 0 Å². The highest BCUT2D eigenvalue weighted by Crippen LogP contribution is 2.11. The van der Waals surface area contributed by atoms with Gasteiger partial charge in [0, 0.05) is 18.2 Å². The largest absolute Gasteiger partial charge is 0.332 e. The summed E-state index contributed by atoms with van der Waals surface area (Å²) in [7, 11) is 0. The number of quaternary nitrogens is 1. The van der Waals surface area contributed by atoms with Crippen molar-refractivity contribution in [2.24, 2.45) is 0 Å². The van der Waals surface area contributed by atoms with E-state index in [0.717, 1.165) is 13.1 Å². The van der Waals surface area contributed by atoms with Gasteiger partial charge in [0.05, 0.1) is 26.2 Å². The molecule has 2 N–H and O–H groups in total. The Morgan fingerprint density at radius 3 is 2.39 bits per heavy atom. The molecule has 2 rings (SSSR count). The fourth-order valence-corrected chi connectivity index (χ4v) is 2.79. The summed E-state index contributed by atoms with van der Waals surface area (Å²) in [4.78, 5) is 38.1. The van der Waals surface area contributed by atoms with Gasteiger partial charge in [0.1, 0.15) is 0 Å². The summed E-state index contributed by atoms with van der Waals surface area (Å²) < 4.78 is 0. The highest BCUT2D eigenvalue weighted by atomic mass is 16.2. The number of hydrogen-bond donors (Lipinski definition) is 2. The van der Waals surface area contributed by atoms with Crippen LogP contribution in [-0.4, -0.2) is 54.7 Å². The van der Waals surface area contributed by atoms with Crippen molar-refractivity contribution in [2.45, 2.75) is 26.8 Å². The van der Waals surface area contributed by atoms with E-state index in [9.17, 15) is 14.4 Å². The fourth-order valence-electron chi connectivity index (χ4n) is 2.79. The molecule has 1 saturated heterocycles. The Bertz CT molecular complexity index is 607. The van der Waals surface area contributed by atoms with Gasteiger partial charge in [0.15, 0.2) is 11.8 Å². The third-order valence-corrected chi connectivity index (χ3v) is 4.39. The van der Waals surface area contributed by atoms with Crippen molar-refractivity contribution < 1.29 is 19.3 Å². The van der Waals surface area contributed by atoms with Crippen LogP contribution in [0.1, 0.15) is 31.1 Å². The third-order valence-electron chi connectivity index (χ3n) is 4.39. The molecule has 0 spiro atoms. The third kappa shape index (κ3) is 4.39. The second kappa shape index (κ2) is 7.37. The molecule has 23 heavy (non-hydrogen) atoms. The normalized spacial score (nSPS) is 16.7. The van der Waals surface area contributed by atoms with Gasteiger partial charge in [0.2, 0.25) is 5.91 Å². The van der Waals surface area contributed by atoms with E-state index in [1.165, 1.54) is 11.8 Å². The van der Waals surface area contributed by atoms with Gasteiger partial charge < -0.3 is 15.1 Å². The molecule has 1 aliphatic heterocycles. The topological polar surface area (TPSA) is 70.9 Å². The maximum Gasteiger partial charge on any atom is 0.282 e. The summed E-state index contributed by atoms with van der Waals surface area (Å²) >= 11 is 0. The van der Waals surface area contributed by atoms with Crippen LogP contribution in [0.15, 0.2) is 24.3 Å². The summed E-state index contributed by atoms with van der Waals surface area (Å²) in [6, 6.07) is 6.75. The summed E-state index contributed by atoms with van der Waals surface area (Å²) in [6.07, 6.45) is 0. The highest BCUT2D eigenvalue weighted by molar-refractivity contribution is 5.97. The number of carbonyl (C=O) groups is 3. The molecule has 2 amide bonds. The molecule has 0 bridgehead atoms. The van der Waals surface area contributed by atoms with Crippen molar-refractivity contribution in [3.05, 3.63) is 29.8 Å². The Kier molecular flexibility index (Phi) is 5.50. The van der Waals surface area contributed by atoms with E-state index >= 15 is 0 Å². The maximum atomic E-state index is 12.4. The molecule has 6 nitrogen and oxygen atoms in total. The number of nitrogens with zero attached hydrogens (tertiary/aromatic N) is 1. The molecule has 1 aliphatic rings. The zero-order valence-electron chi connectivity index (χ0n) is 13.9. The Morgan fingerprint density at radius 1 is 1.17 bits per heavy atom. The quantitative estimate of drug-likeness (QED) is 0.766. The summed E-state index contributed by atoms with van der Waals surface area (Å²) in [5.74, 6) is -0.0145. The van der Waals surface area contributed by atoms with Crippen LogP contribution in [0.3, 0.4) is 0 Å². The molecule has 1 atom stereocenters. The summed E-state index contributed by atoms with van der Waals surface area (Å²) in [5, 5.41) is 2.88. The zero-order chi connectivity index (χ0) is 17.0. The van der Waals surface area contributed by atoms with Crippen LogP contribution in [0.2, 0.25) is 0 Å². The van der Waals surface area contributed by atoms with Crippen molar-refractivity contribution in [3.63, 3.8) is 0 Å². The van der Waals surface area contributed by atoms with Crippen molar-refractivity contribution >= 4 is 23.3 Å². The van der Waals surface area contributed by atoms with Crippen molar-refractivity contribution in [3.8, 4) is 0 Å². The monoisotopic (exact) mass is 318 g/mol. The van der Waals surface area contributed by atoms with Gasteiger partial charge in [-0.1, -0.05) is 12.1 Å². The molecule has 6 heteroatoms. The van der Waals surface area contributed by atoms with E-state index in [-0.39, 0.29) is 23.6 Å². The Morgan fingerprint density at radius 2 is 1.83 bits per heavy atom. The first-order chi connectivity index (χ1) is 10.9. The highest BCUT2D eigenvalue weighted by Gasteiger charge is 2.29. The second-order valence-electron chi connectivity index (χ2n) is 6.01. The standard InChI is InChI=1S/C17H23N3O3/c1-12(19-7-9-20(10-8-19)14(3)22)17(23)18-16-6-4-5-15(11-16)13(2)21/h4-6,11-12H,7-10H2,1-3H3,(H,18,23)/p+1/t12-/m0/s1. The minimum atomic E-state index is -0.204. The molecule has 0 unspecified atom stereocenters. The van der Waals surface area contributed by atoms with Crippen LogP contribution in [0.25, 0.3) is 0 Å². The fraction of sp³-hybridized carbons (Fsp3) is 0.471. The molecule has 0 aliphatic carbocycles. The molecule has 0 radical (unpaired) electrons. The van der Waals surface area contributed by atoms with Crippen LogP contribution in [-0.2, 0) is 9.59 Å². The smallest absolute Gasteiger partial charge is 0.282 e. The molecule has 1 aromatic carbocycles. The number of piperazine rings is 1. The van der Waals surface area contributed by atoms with Gasteiger partial charge in [0.25, 0.3) is 5.91 Å². The van der Waals surface area contributed by atoms with Gasteiger partial charge in [-0.25, -0.2) is 0 Å². The van der Waals surface area contributed by atoms with Gasteiger partial charge in [-0.2, -0.15) is 0 Å². The Balaban J connectivity index is 1.94. The first-order valence-corrected chi connectivity index (χ1v) is 7.90. The van der Waals surface area contributed by atoms with Crippen LogP contribution >= 0.6 is 0 Å². The number of benzene rings is 1. The number of rotatable bonds is 4. The lowest BCUT2D eigenvalue weighted by Gasteiger charge is -2.34. The lowest BCUT2D eigenvalue weighted by atomic mass is 10.1. The minimum absolute atomic E-state index is 0.0277. The zero-order valence-corrected chi connectivity index (χ0v) is 13.9. The molecular formula is C17H24N3O3+. The average Bonchev–Trinajstić information content (AvgIpc) is 2.54. The number of Topliss-reactive ketones (excluding diaryl/α,β-unsaturated/α-hetero) is 1. The van der Waals surface area contributed by atoms with Crippen LogP contribution in [0, 0.1) is 0 Å². The number of nitrogens with one attached hydrogen (secondary N) is 2. The van der Waals surface area contributed by atoms with E-state index in [1.54, 1.807) is 31.2 Å². The number of carbonyl (C=O) groups excluding carboxylic acids is 3. The SMILES string of the molecule is CC(=O)c1cccc(NC(=O)[C@H](C)[NH+]2CCN(C(C)=O)CC2)c1. The van der Waals surface area contributed by atoms with Crippen LogP contribution in [0.5, 0.6) is 0 Å². The molecular weight excluding hydrogens is 294 g/mol. The van der Waals surface area contributed by atoms with Gasteiger partial charge in [-0.3, -0.25) is 14.4 Å². The average molecular weight is 318 g/mol. The number of amides is 2. The van der Waals surface area contributed by atoms with Gasteiger partial charge >= 0.3 is 0 Å². The van der Waals surface area contributed by atoms with Gasteiger partial charge in [-0.05, 0) is 26.0 Å². The summed E-state index contributed by atoms with van der Waals surface area (Å²) in [6.45, 7) is 7.86. The minimum Gasteiger partial charge on any atom is -0.332 e. The molecule has 0 saturated carbocycles. The molecule has 1 aromatic rings. The Labute approximate surface area is 136 Å². The number of anilines is 1. The van der Waals surface area contributed by atoms with Crippen molar-refractivity contribution in [1.29, 1.82) is 0 Å². The second-order valence-corrected chi connectivity index (χ2v) is 6.01. The van der Waals surface area contributed by atoms with Crippen LogP contribution < -0.4 is 10.2 Å². The van der Waals surface area contributed by atoms with Crippen LogP contribution in [0.4, 0.5) is 5.69 Å². The number of hydrogen-bond acceptors (Lipinski definition) is 3. The first-order valence-electron chi connectivity index (χ1n) is 7.90.